The molecule has 0 aliphatic carbocycles. The van der Waals surface area contributed by atoms with Crippen molar-refractivity contribution >= 4 is 15.9 Å². The summed E-state index contributed by atoms with van der Waals surface area (Å²) in [6.45, 7) is 9.14. The highest BCUT2D eigenvalue weighted by atomic mass is 79.9. The van der Waals surface area contributed by atoms with Crippen LogP contribution in [0.15, 0.2) is 22.7 Å². The van der Waals surface area contributed by atoms with Gasteiger partial charge >= 0.3 is 0 Å². The molecule has 20 heavy (non-hydrogen) atoms. The van der Waals surface area contributed by atoms with Gasteiger partial charge in [0.15, 0.2) is 0 Å². The van der Waals surface area contributed by atoms with E-state index < -0.39 is 0 Å². The zero-order valence-electron chi connectivity index (χ0n) is 12.8. The Labute approximate surface area is 132 Å². The molecule has 2 nitrogen and oxygen atoms in total. The van der Waals surface area contributed by atoms with E-state index in [9.17, 15) is 0 Å². The summed E-state index contributed by atoms with van der Waals surface area (Å²) in [5.41, 5.74) is 2.68. The van der Waals surface area contributed by atoms with Crippen LogP contribution < -0.4 is 5.32 Å². The van der Waals surface area contributed by atoms with Crippen molar-refractivity contribution in [1.82, 2.24) is 10.2 Å². The molecule has 1 heterocycles. The predicted molar refractivity (Wildman–Crippen MR) is 90.1 cm³/mol. The fraction of sp³-hybridized carbons (Fsp3) is 0.647. The largest absolute Gasteiger partial charge is 0.313 e. The lowest BCUT2D eigenvalue weighted by Gasteiger charge is -2.33. The quantitative estimate of drug-likeness (QED) is 0.785. The standard InChI is InChI=1S/C17H27BrN2/c1-14-12-16(7-8-17(14)18)13-19-9-5-11-20-10-4-3-6-15(20)2/h7-8,12,15,19H,3-6,9-11,13H2,1-2H3. The van der Waals surface area contributed by atoms with E-state index in [1.807, 2.05) is 0 Å². The van der Waals surface area contributed by atoms with Crippen molar-refractivity contribution in [3.05, 3.63) is 33.8 Å². The van der Waals surface area contributed by atoms with Crippen LogP contribution in [-0.4, -0.2) is 30.6 Å². The molecule has 0 radical (unpaired) electrons. The molecule has 2 rings (SSSR count). The van der Waals surface area contributed by atoms with Crippen LogP contribution in [0.1, 0.15) is 43.7 Å². The molecule has 112 valence electrons. The summed E-state index contributed by atoms with van der Waals surface area (Å²) in [5, 5.41) is 3.56. The van der Waals surface area contributed by atoms with Gasteiger partial charge in [-0.1, -0.05) is 34.5 Å². The minimum atomic E-state index is 0.790. The van der Waals surface area contributed by atoms with Gasteiger partial charge in [-0.05, 0) is 69.9 Å². The van der Waals surface area contributed by atoms with Gasteiger partial charge in [0.2, 0.25) is 0 Å². The Morgan fingerprint density at radius 2 is 2.20 bits per heavy atom. The summed E-state index contributed by atoms with van der Waals surface area (Å²) in [6.07, 6.45) is 5.43. The van der Waals surface area contributed by atoms with Crippen molar-refractivity contribution in [2.75, 3.05) is 19.6 Å². The Morgan fingerprint density at radius 3 is 2.95 bits per heavy atom. The summed E-state index contributed by atoms with van der Waals surface area (Å²) in [7, 11) is 0. The van der Waals surface area contributed by atoms with E-state index in [0.717, 1.165) is 19.1 Å². The fourth-order valence-corrected chi connectivity index (χ4v) is 3.19. The SMILES string of the molecule is Cc1cc(CNCCCN2CCCCC2C)ccc1Br. The Kier molecular flexibility index (Phi) is 6.53. The van der Waals surface area contributed by atoms with Crippen LogP contribution in [0.4, 0.5) is 0 Å². The van der Waals surface area contributed by atoms with Crippen LogP contribution in [0, 0.1) is 6.92 Å². The number of likely N-dealkylation sites (tertiary alicyclic amines) is 1. The van der Waals surface area contributed by atoms with Crippen LogP contribution in [0.5, 0.6) is 0 Å². The molecule has 0 amide bonds. The molecule has 0 spiro atoms. The van der Waals surface area contributed by atoms with Gasteiger partial charge in [-0.25, -0.2) is 0 Å². The number of halogens is 1. The summed E-state index contributed by atoms with van der Waals surface area (Å²) in [4.78, 5) is 2.65. The van der Waals surface area contributed by atoms with E-state index >= 15 is 0 Å². The van der Waals surface area contributed by atoms with Gasteiger partial charge in [-0.2, -0.15) is 0 Å². The highest BCUT2D eigenvalue weighted by molar-refractivity contribution is 9.10. The minimum Gasteiger partial charge on any atom is -0.313 e. The molecule has 1 aromatic rings. The average Bonchev–Trinajstić information content (AvgIpc) is 2.44. The number of benzene rings is 1. The molecule has 0 aromatic heterocycles. The topological polar surface area (TPSA) is 15.3 Å². The first-order chi connectivity index (χ1) is 9.66. The third-order valence-electron chi connectivity index (χ3n) is 4.29. The Balaban J connectivity index is 1.62. The van der Waals surface area contributed by atoms with E-state index in [4.69, 9.17) is 0 Å². The lowest BCUT2D eigenvalue weighted by atomic mass is 10.0. The van der Waals surface area contributed by atoms with Crippen LogP contribution in [-0.2, 0) is 6.54 Å². The summed E-state index contributed by atoms with van der Waals surface area (Å²) >= 11 is 3.55. The van der Waals surface area contributed by atoms with E-state index in [1.165, 1.54) is 54.4 Å². The molecular formula is C17H27BrN2. The second kappa shape index (κ2) is 8.16. The number of hydrogen-bond donors (Lipinski definition) is 1. The van der Waals surface area contributed by atoms with Crippen molar-refractivity contribution in [2.45, 2.75) is 52.1 Å². The number of piperidine rings is 1. The van der Waals surface area contributed by atoms with Crippen LogP contribution in [0.3, 0.4) is 0 Å². The number of rotatable bonds is 6. The smallest absolute Gasteiger partial charge is 0.0205 e. The molecule has 1 fully saturated rings. The molecule has 3 heteroatoms. The molecule has 1 aliphatic heterocycles. The lowest BCUT2D eigenvalue weighted by Crippen LogP contribution is -2.38. The third kappa shape index (κ3) is 4.87. The summed E-state index contributed by atoms with van der Waals surface area (Å²) in [5.74, 6) is 0. The number of hydrogen-bond acceptors (Lipinski definition) is 2. The average molecular weight is 339 g/mol. The normalized spacial score (nSPS) is 20.2. The minimum absolute atomic E-state index is 0.790. The highest BCUT2D eigenvalue weighted by Gasteiger charge is 2.16. The molecule has 1 unspecified atom stereocenters. The van der Waals surface area contributed by atoms with E-state index in [2.05, 4.69) is 58.2 Å². The van der Waals surface area contributed by atoms with Crippen LogP contribution >= 0.6 is 15.9 Å². The van der Waals surface area contributed by atoms with Gasteiger partial charge < -0.3 is 10.2 Å². The van der Waals surface area contributed by atoms with Crippen molar-refractivity contribution in [3.8, 4) is 0 Å². The second-order valence-corrected chi connectivity index (χ2v) is 6.85. The van der Waals surface area contributed by atoms with Crippen molar-refractivity contribution in [2.24, 2.45) is 0 Å². The van der Waals surface area contributed by atoms with Gasteiger partial charge in [-0.3, -0.25) is 0 Å². The Morgan fingerprint density at radius 1 is 1.35 bits per heavy atom. The molecule has 1 atom stereocenters. The Bertz CT molecular complexity index is 419. The maximum atomic E-state index is 3.56. The predicted octanol–water partition coefficient (Wildman–Crippen LogP) is 4.11. The Hall–Kier alpha value is -0.380. The molecule has 1 aromatic carbocycles. The van der Waals surface area contributed by atoms with Gasteiger partial charge in [0.1, 0.15) is 0 Å². The van der Waals surface area contributed by atoms with Gasteiger partial charge in [-0.15, -0.1) is 0 Å². The molecule has 0 bridgehead atoms. The fourth-order valence-electron chi connectivity index (χ4n) is 2.95. The van der Waals surface area contributed by atoms with Crippen LogP contribution in [0.25, 0.3) is 0 Å². The van der Waals surface area contributed by atoms with Crippen molar-refractivity contribution in [1.29, 1.82) is 0 Å². The summed E-state index contributed by atoms with van der Waals surface area (Å²) < 4.78 is 1.19. The van der Waals surface area contributed by atoms with Gasteiger partial charge in [0, 0.05) is 17.1 Å². The third-order valence-corrected chi connectivity index (χ3v) is 5.18. The van der Waals surface area contributed by atoms with E-state index in [1.54, 1.807) is 0 Å². The van der Waals surface area contributed by atoms with Crippen molar-refractivity contribution < 1.29 is 0 Å². The number of nitrogens with one attached hydrogen (secondary N) is 1. The van der Waals surface area contributed by atoms with Gasteiger partial charge in [0.05, 0.1) is 0 Å². The molecule has 0 saturated carbocycles. The highest BCUT2D eigenvalue weighted by Crippen LogP contribution is 2.17. The first kappa shape index (κ1) is 16.0. The van der Waals surface area contributed by atoms with E-state index in [-0.39, 0.29) is 0 Å². The maximum absolute atomic E-state index is 3.56. The maximum Gasteiger partial charge on any atom is 0.0205 e. The first-order valence-corrected chi connectivity index (χ1v) is 8.66. The molecule has 1 aliphatic rings. The zero-order valence-corrected chi connectivity index (χ0v) is 14.4. The monoisotopic (exact) mass is 338 g/mol. The first-order valence-electron chi connectivity index (χ1n) is 7.86. The van der Waals surface area contributed by atoms with Gasteiger partial charge in [0.25, 0.3) is 0 Å². The lowest BCUT2D eigenvalue weighted by molar-refractivity contribution is 0.159. The number of nitrogens with zero attached hydrogens (tertiary/aromatic N) is 1. The zero-order chi connectivity index (χ0) is 14.4. The molecular weight excluding hydrogens is 312 g/mol. The second-order valence-electron chi connectivity index (χ2n) is 5.99. The summed E-state index contributed by atoms with van der Waals surface area (Å²) in [6, 6.07) is 7.38. The molecule has 1 saturated heterocycles. The van der Waals surface area contributed by atoms with Crippen LogP contribution in [0.2, 0.25) is 0 Å². The number of aryl methyl sites for hydroxylation is 1. The van der Waals surface area contributed by atoms with Crippen molar-refractivity contribution in [3.63, 3.8) is 0 Å². The van der Waals surface area contributed by atoms with E-state index in [0.29, 0.717) is 0 Å². The molecule has 1 N–H and O–H groups in total.